The van der Waals surface area contributed by atoms with Crippen LogP contribution in [0.5, 0.6) is 5.75 Å². The molecule has 0 bridgehead atoms. The van der Waals surface area contributed by atoms with E-state index in [1.54, 1.807) is 30.3 Å². The number of nitrogens with zero attached hydrogens (tertiary/aromatic N) is 4. The minimum atomic E-state index is -4.67. The molecule has 36 heavy (non-hydrogen) atoms. The van der Waals surface area contributed by atoms with Crippen LogP contribution >= 0.6 is 0 Å². The molecule has 0 saturated heterocycles. The summed E-state index contributed by atoms with van der Waals surface area (Å²) in [6, 6.07) is 15.8. The largest absolute Gasteiger partial charge is 0.508 e. The molecule has 0 atom stereocenters. The van der Waals surface area contributed by atoms with Gasteiger partial charge in [-0.2, -0.15) is 21.6 Å². The van der Waals surface area contributed by atoms with Crippen LogP contribution in [-0.2, 0) is 16.3 Å². The van der Waals surface area contributed by atoms with E-state index >= 15 is 0 Å². The molecule has 0 saturated carbocycles. The van der Waals surface area contributed by atoms with E-state index in [9.17, 15) is 31.2 Å². The maximum Gasteiger partial charge on any atom is 0.416 e. The zero-order valence-electron chi connectivity index (χ0n) is 18.0. The Labute approximate surface area is 202 Å². The average molecular weight is 515 g/mol. The topological polar surface area (TPSA) is 137 Å². The molecular weight excluding hydrogens is 499 g/mol. The molecule has 4 aromatic rings. The van der Waals surface area contributed by atoms with Crippen LogP contribution in [0.25, 0.3) is 11.3 Å². The lowest BCUT2D eigenvalue weighted by atomic mass is 10.1. The molecule has 0 aliphatic heterocycles. The lowest BCUT2D eigenvalue weighted by Gasteiger charge is -2.10. The smallest absolute Gasteiger partial charge is 0.416 e. The Morgan fingerprint density at radius 3 is 2.28 bits per heavy atom. The molecule has 0 unspecified atom stereocenters. The summed E-state index contributed by atoms with van der Waals surface area (Å²) < 4.78 is 71.0. The fourth-order valence-corrected chi connectivity index (χ4v) is 3.76. The number of phenols is 1. The van der Waals surface area contributed by atoms with Crippen molar-refractivity contribution in [2.75, 3.05) is 5.32 Å². The van der Waals surface area contributed by atoms with Crippen LogP contribution in [0.15, 0.2) is 94.1 Å². The number of hydrogen-bond donors (Lipinski definition) is 3. The van der Waals surface area contributed by atoms with Gasteiger partial charge in [-0.3, -0.25) is 4.55 Å². The number of halogens is 3. The first-order valence-corrected chi connectivity index (χ1v) is 11.5. The number of benzene rings is 3. The second-order valence-electron chi connectivity index (χ2n) is 7.31. The predicted molar refractivity (Wildman–Crippen MR) is 124 cm³/mol. The molecular formula is C23H16F3N5O4S. The van der Waals surface area contributed by atoms with Crippen molar-refractivity contribution >= 4 is 33.1 Å². The molecule has 3 aromatic carbocycles. The third kappa shape index (κ3) is 5.82. The van der Waals surface area contributed by atoms with E-state index < -0.39 is 26.8 Å². The Balaban J connectivity index is 1.63. The summed E-state index contributed by atoms with van der Waals surface area (Å²) in [5, 5.41) is 20.4. The van der Waals surface area contributed by atoms with Crippen LogP contribution in [0.2, 0.25) is 0 Å². The Kier molecular flexibility index (Phi) is 6.68. The van der Waals surface area contributed by atoms with Gasteiger partial charge in [-0.15, -0.1) is 10.2 Å². The summed E-state index contributed by atoms with van der Waals surface area (Å²) >= 11 is 0. The summed E-state index contributed by atoms with van der Waals surface area (Å²) in [6.45, 7) is 0. The Bertz CT molecular complexity index is 1540. The van der Waals surface area contributed by atoms with Gasteiger partial charge in [-0.05, 0) is 48.5 Å². The van der Waals surface area contributed by atoms with Crippen LogP contribution in [0, 0.1) is 0 Å². The van der Waals surface area contributed by atoms with E-state index in [1.165, 1.54) is 30.5 Å². The second-order valence-corrected chi connectivity index (χ2v) is 8.70. The number of aromatic nitrogens is 2. The van der Waals surface area contributed by atoms with Gasteiger partial charge in [0, 0.05) is 23.5 Å². The van der Waals surface area contributed by atoms with Gasteiger partial charge < -0.3 is 10.4 Å². The van der Waals surface area contributed by atoms with E-state index in [0.717, 1.165) is 18.2 Å². The fourth-order valence-electron chi connectivity index (χ4n) is 3.12. The van der Waals surface area contributed by atoms with E-state index in [1.807, 2.05) is 0 Å². The van der Waals surface area contributed by atoms with E-state index in [0.29, 0.717) is 22.6 Å². The normalized spacial score (nSPS) is 12.1. The summed E-state index contributed by atoms with van der Waals surface area (Å²) in [5.74, 6) is -0.262. The lowest BCUT2D eigenvalue weighted by molar-refractivity contribution is -0.137. The van der Waals surface area contributed by atoms with Crippen LogP contribution in [0.3, 0.4) is 0 Å². The first-order chi connectivity index (χ1) is 17.0. The molecule has 13 heteroatoms. The van der Waals surface area contributed by atoms with Gasteiger partial charge in [0.05, 0.1) is 16.9 Å². The number of hydrogen-bond acceptors (Lipinski definition) is 8. The Hall–Kier alpha value is -4.36. The van der Waals surface area contributed by atoms with Crippen LogP contribution in [0.1, 0.15) is 5.56 Å². The molecule has 0 spiro atoms. The minimum Gasteiger partial charge on any atom is -0.508 e. The summed E-state index contributed by atoms with van der Waals surface area (Å²) in [7, 11) is -4.67. The molecule has 0 amide bonds. The van der Waals surface area contributed by atoms with Crippen molar-refractivity contribution in [3.63, 3.8) is 0 Å². The molecule has 184 valence electrons. The predicted octanol–water partition coefficient (Wildman–Crippen LogP) is 6.27. The highest BCUT2D eigenvalue weighted by Gasteiger charge is 2.30. The lowest BCUT2D eigenvalue weighted by Crippen LogP contribution is -2.04. The number of rotatable bonds is 6. The van der Waals surface area contributed by atoms with Gasteiger partial charge in [0.25, 0.3) is 10.1 Å². The van der Waals surface area contributed by atoms with Gasteiger partial charge in [0.2, 0.25) is 5.95 Å². The highest BCUT2D eigenvalue weighted by Crippen LogP contribution is 2.34. The Morgan fingerprint density at radius 1 is 0.889 bits per heavy atom. The van der Waals surface area contributed by atoms with Gasteiger partial charge >= 0.3 is 6.18 Å². The molecule has 0 radical (unpaired) electrons. The molecule has 1 aromatic heterocycles. The van der Waals surface area contributed by atoms with Crippen molar-refractivity contribution in [1.82, 2.24) is 9.97 Å². The molecule has 0 aliphatic rings. The number of aromatic hydroxyl groups is 1. The number of nitrogens with one attached hydrogen (secondary N) is 1. The highest BCUT2D eigenvalue weighted by molar-refractivity contribution is 7.86. The number of phenolic OH excluding ortho intramolecular Hbond substituents is 1. The molecule has 3 N–H and O–H groups in total. The summed E-state index contributed by atoms with van der Waals surface area (Å²) in [4.78, 5) is 7.85. The third-order valence-corrected chi connectivity index (χ3v) is 5.67. The van der Waals surface area contributed by atoms with Crippen molar-refractivity contribution < 1.29 is 31.2 Å². The maximum atomic E-state index is 12.8. The van der Waals surface area contributed by atoms with Crippen molar-refractivity contribution in [2.24, 2.45) is 10.2 Å². The number of alkyl halides is 3. The molecule has 0 aliphatic carbocycles. The quantitative estimate of drug-likeness (QED) is 0.203. The highest BCUT2D eigenvalue weighted by atomic mass is 32.2. The van der Waals surface area contributed by atoms with Crippen LogP contribution in [0.4, 0.5) is 36.2 Å². The molecule has 1 heterocycles. The zero-order chi connectivity index (χ0) is 25.9. The molecule has 0 fully saturated rings. The monoisotopic (exact) mass is 515 g/mol. The minimum absolute atomic E-state index is 0.117. The van der Waals surface area contributed by atoms with Crippen molar-refractivity contribution in [1.29, 1.82) is 0 Å². The van der Waals surface area contributed by atoms with E-state index in [4.69, 9.17) is 0 Å². The zero-order valence-corrected chi connectivity index (χ0v) is 18.9. The Morgan fingerprint density at radius 2 is 1.58 bits per heavy atom. The number of anilines is 2. The average Bonchev–Trinajstić information content (AvgIpc) is 2.83. The number of azo groups is 1. The van der Waals surface area contributed by atoms with Crippen LogP contribution < -0.4 is 5.32 Å². The van der Waals surface area contributed by atoms with Crippen molar-refractivity contribution in [3.8, 4) is 17.0 Å². The first kappa shape index (κ1) is 24.8. The standard InChI is InChI=1S/C23H16F3N5O4S/c24-23(25,26)14-5-7-15(8-6-14)28-22-27-12-11-18(29-22)17-3-1-2-4-19(17)30-31-20-10-9-16(32)13-21(20)36(33,34)35/h1-13,32H,(H,27,28,29)(H,33,34,35). The van der Waals surface area contributed by atoms with E-state index in [2.05, 4.69) is 25.5 Å². The molecule has 9 nitrogen and oxygen atoms in total. The van der Waals surface area contributed by atoms with Gasteiger partial charge in [-0.1, -0.05) is 18.2 Å². The summed E-state index contributed by atoms with van der Waals surface area (Å²) in [5.41, 5.74) is 0.551. The van der Waals surface area contributed by atoms with Crippen LogP contribution in [-0.4, -0.2) is 28.0 Å². The van der Waals surface area contributed by atoms with Crippen molar-refractivity contribution in [2.45, 2.75) is 11.1 Å². The summed E-state index contributed by atoms with van der Waals surface area (Å²) in [6.07, 6.45) is -3.01. The maximum absolute atomic E-state index is 12.8. The fraction of sp³-hybridized carbons (Fsp3) is 0.0435. The third-order valence-electron chi connectivity index (χ3n) is 4.79. The van der Waals surface area contributed by atoms with Gasteiger partial charge in [0.1, 0.15) is 16.3 Å². The van der Waals surface area contributed by atoms with Crippen molar-refractivity contribution in [3.05, 3.63) is 84.6 Å². The van der Waals surface area contributed by atoms with Gasteiger partial charge in [0.15, 0.2) is 0 Å². The van der Waals surface area contributed by atoms with Gasteiger partial charge in [-0.25, -0.2) is 9.97 Å². The molecule has 4 rings (SSSR count). The van der Waals surface area contributed by atoms with E-state index in [-0.39, 0.29) is 17.4 Å². The SMILES string of the molecule is O=S(=O)(O)c1cc(O)ccc1N=Nc1ccccc1-c1ccnc(Nc2ccc(C(F)(F)F)cc2)n1. The second kappa shape index (κ2) is 9.71. The first-order valence-electron chi connectivity index (χ1n) is 10.1.